The first-order valence-corrected chi connectivity index (χ1v) is 13.5. The number of halogens is 4. The molecule has 7 rings (SSSR count). The van der Waals surface area contributed by atoms with Crippen molar-refractivity contribution >= 4 is 35.0 Å². The minimum atomic E-state index is -1.91. The Bertz CT molecular complexity index is 2050. The number of nitrogens with zero attached hydrogens (tertiary/aromatic N) is 2. The Morgan fingerprint density at radius 2 is 0.804 bits per heavy atom. The predicted molar refractivity (Wildman–Crippen MR) is 154 cm³/mol. The Morgan fingerprint density at radius 3 is 1.24 bits per heavy atom. The number of carbonyl (C=O) groups is 4. The van der Waals surface area contributed by atoms with Crippen molar-refractivity contribution < 1.29 is 46.2 Å². The second-order valence-corrected chi connectivity index (χ2v) is 10.1. The van der Waals surface area contributed by atoms with Crippen molar-refractivity contribution in [3.8, 4) is 23.0 Å². The minimum Gasteiger partial charge on any atom is -0.451 e. The molecular formula is C34H16F4N2O6. The van der Waals surface area contributed by atoms with Crippen LogP contribution in [0.25, 0.3) is 0 Å². The molecule has 0 spiro atoms. The Labute approximate surface area is 256 Å². The van der Waals surface area contributed by atoms with Crippen LogP contribution in [0.2, 0.25) is 0 Å². The van der Waals surface area contributed by atoms with Crippen LogP contribution in [0.5, 0.6) is 23.0 Å². The van der Waals surface area contributed by atoms with Crippen LogP contribution in [0.3, 0.4) is 0 Å². The lowest BCUT2D eigenvalue weighted by Gasteiger charge is -2.17. The Kier molecular flexibility index (Phi) is 6.62. The lowest BCUT2D eigenvalue weighted by atomic mass is 10.1. The fourth-order valence-electron chi connectivity index (χ4n) is 5.20. The van der Waals surface area contributed by atoms with Gasteiger partial charge in [-0.25, -0.2) is 9.80 Å². The van der Waals surface area contributed by atoms with E-state index in [1.807, 2.05) is 0 Å². The molecular weight excluding hydrogens is 608 g/mol. The van der Waals surface area contributed by atoms with Gasteiger partial charge in [-0.3, -0.25) is 19.2 Å². The summed E-state index contributed by atoms with van der Waals surface area (Å²) in [6.45, 7) is 0. The van der Waals surface area contributed by atoms with Crippen molar-refractivity contribution in [3.63, 3.8) is 0 Å². The van der Waals surface area contributed by atoms with Gasteiger partial charge in [-0.15, -0.1) is 0 Å². The average Bonchev–Trinajstić information content (AvgIpc) is 3.49. The number of fused-ring (bicyclic) bond motifs is 2. The van der Waals surface area contributed by atoms with E-state index < -0.39 is 58.4 Å². The van der Waals surface area contributed by atoms with Crippen molar-refractivity contribution in [1.82, 2.24) is 0 Å². The second-order valence-electron chi connectivity index (χ2n) is 10.1. The van der Waals surface area contributed by atoms with Crippen molar-refractivity contribution in [3.05, 3.63) is 143 Å². The van der Waals surface area contributed by atoms with Crippen LogP contribution in [-0.2, 0) is 0 Å². The van der Waals surface area contributed by atoms with Gasteiger partial charge in [-0.1, -0.05) is 30.3 Å². The molecule has 5 aromatic carbocycles. The summed E-state index contributed by atoms with van der Waals surface area (Å²) in [4.78, 5) is 52.8. The summed E-state index contributed by atoms with van der Waals surface area (Å²) in [5, 5.41) is 0. The van der Waals surface area contributed by atoms with Gasteiger partial charge in [-0.05, 0) is 60.7 Å². The molecule has 0 fully saturated rings. The molecule has 2 aliphatic rings. The van der Waals surface area contributed by atoms with Gasteiger partial charge >= 0.3 is 0 Å². The maximum absolute atomic E-state index is 15.1. The molecule has 0 radical (unpaired) electrons. The lowest BCUT2D eigenvalue weighted by Crippen LogP contribution is -2.29. The summed E-state index contributed by atoms with van der Waals surface area (Å²) in [6, 6.07) is 22.2. The van der Waals surface area contributed by atoms with Crippen LogP contribution in [-0.4, -0.2) is 23.6 Å². The summed E-state index contributed by atoms with van der Waals surface area (Å²) < 4.78 is 70.6. The zero-order valence-electron chi connectivity index (χ0n) is 23.1. The highest BCUT2D eigenvalue weighted by Gasteiger charge is 2.38. The summed E-state index contributed by atoms with van der Waals surface area (Å²) in [7, 11) is 0. The van der Waals surface area contributed by atoms with E-state index in [4.69, 9.17) is 9.47 Å². The fraction of sp³-hybridized carbons (Fsp3) is 0. The summed E-state index contributed by atoms with van der Waals surface area (Å²) in [5.41, 5.74) is 0.864. The maximum atomic E-state index is 15.1. The fourth-order valence-corrected chi connectivity index (χ4v) is 5.20. The molecule has 0 atom stereocenters. The number of benzene rings is 5. The molecule has 0 aliphatic carbocycles. The molecule has 8 nitrogen and oxygen atoms in total. The minimum absolute atomic E-state index is 0.00456. The van der Waals surface area contributed by atoms with Crippen LogP contribution in [0.15, 0.2) is 97.1 Å². The zero-order chi connectivity index (χ0) is 32.3. The quantitative estimate of drug-likeness (QED) is 0.111. The zero-order valence-corrected chi connectivity index (χ0v) is 23.1. The van der Waals surface area contributed by atoms with Gasteiger partial charge in [-0.2, -0.15) is 17.6 Å². The highest BCUT2D eigenvalue weighted by molar-refractivity contribution is 6.35. The molecule has 4 amide bonds. The van der Waals surface area contributed by atoms with Gasteiger partial charge in [0.15, 0.2) is 0 Å². The number of carbonyl (C=O) groups excluding carboxylic acids is 4. The van der Waals surface area contributed by atoms with E-state index in [2.05, 4.69) is 0 Å². The topological polar surface area (TPSA) is 93.2 Å². The second kappa shape index (κ2) is 10.7. The standard InChI is InChI=1S/C34H16F4N2O6/c35-25-27(37)30(46-20-7-5-6-18(16-20)40-33(43)23-10-3-4-11-24(23)34(40)44)28(38)26(36)29(25)45-19-14-12-17(13-15-19)39-31(41)21-8-1-2-9-22(21)32(39)42/h1-16H. The number of anilines is 2. The highest BCUT2D eigenvalue weighted by atomic mass is 19.2. The SMILES string of the molecule is O=C1c2ccccc2C(=O)N1c1ccc(Oc2c(F)c(F)c(Oc3cccc(N4C(=O)c5ccccc5C4=O)c3)c(F)c2F)cc1. The van der Waals surface area contributed by atoms with E-state index in [-0.39, 0.29) is 45.1 Å². The van der Waals surface area contributed by atoms with Gasteiger partial charge in [0, 0.05) is 6.07 Å². The largest absolute Gasteiger partial charge is 0.451 e. The van der Waals surface area contributed by atoms with Crippen molar-refractivity contribution in [2.75, 3.05) is 9.80 Å². The molecule has 0 bridgehead atoms. The number of imide groups is 2. The third kappa shape index (κ3) is 4.38. The molecule has 12 heteroatoms. The van der Waals surface area contributed by atoms with Crippen LogP contribution >= 0.6 is 0 Å². The van der Waals surface area contributed by atoms with Gasteiger partial charge in [0.2, 0.25) is 34.8 Å². The molecule has 0 saturated heterocycles. The van der Waals surface area contributed by atoms with Crippen LogP contribution in [0, 0.1) is 23.3 Å². The average molecular weight is 625 g/mol. The van der Waals surface area contributed by atoms with Crippen molar-refractivity contribution in [2.45, 2.75) is 0 Å². The monoisotopic (exact) mass is 624 g/mol. The first-order valence-electron chi connectivity index (χ1n) is 13.5. The first kappa shape index (κ1) is 28.5. The molecule has 0 saturated carbocycles. The molecule has 0 N–H and O–H groups in total. The highest BCUT2D eigenvalue weighted by Crippen LogP contribution is 2.40. The van der Waals surface area contributed by atoms with Crippen molar-refractivity contribution in [1.29, 1.82) is 0 Å². The molecule has 2 aliphatic heterocycles. The first-order chi connectivity index (χ1) is 22.2. The van der Waals surface area contributed by atoms with Crippen LogP contribution in [0.4, 0.5) is 28.9 Å². The molecule has 2 heterocycles. The molecule has 226 valence electrons. The summed E-state index contributed by atoms with van der Waals surface area (Å²) >= 11 is 0. The smallest absolute Gasteiger partial charge is 0.266 e. The number of hydrogen-bond acceptors (Lipinski definition) is 6. The number of rotatable bonds is 6. The third-order valence-corrected chi connectivity index (χ3v) is 7.38. The number of ether oxygens (including phenoxy) is 2. The Hall–Kier alpha value is -6.30. The summed E-state index contributed by atoms with van der Waals surface area (Å²) in [6.07, 6.45) is 0. The van der Waals surface area contributed by atoms with E-state index in [1.54, 1.807) is 24.3 Å². The maximum Gasteiger partial charge on any atom is 0.266 e. The van der Waals surface area contributed by atoms with Gasteiger partial charge < -0.3 is 9.47 Å². The number of hydrogen-bond donors (Lipinski definition) is 0. The number of amides is 4. The predicted octanol–water partition coefficient (Wildman–Crippen LogP) is 7.43. The van der Waals surface area contributed by atoms with Crippen LogP contribution < -0.4 is 19.3 Å². The van der Waals surface area contributed by atoms with E-state index in [1.165, 1.54) is 54.6 Å². The molecule has 46 heavy (non-hydrogen) atoms. The summed E-state index contributed by atoms with van der Waals surface area (Å²) in [5.74, 6) is -13.5. The molecule has 0 aromatic heterocycles. The Morgan fingerprint density at radius 1 is 0.413 bits per heavy atom. The molecule has 0 unspecified atom stereocenters. The third-order valence-electron chi connectivity index (χ3n) is 7.38. The van der Waals surface area contributed by atoms with E-state index in [0.29, 0.717) is 0 Å². The van der Waals surface area contributed by atoms with E-state index in [9.17, 15) is 19.2 Å². The lowest BCUT2D eigenvalue weighted by molar-refractivity contribution is 0.0910. The van der Waals surface area contributed by atoms with E-state index >= 15 is 17.6 Å². The molecule has 5 aromatic rings. The normalized spacial score (nSPS) is 13.7. The van der Waals surface area contributed by atoms with Crippen LogP contribution in [0.1, 0.15) is 41.4 Å². The van der Waals surface area contributed by atoms with E-state index in [0.717, 1.165) is 28.0 Å². The van der Waals surface area contributed by atoms with Gasteiger partial charge in [0.25, 0.3) is 23.6 Å². The van der Waals surface area contributed by atoms with Crippen molar-refractivity contribution in [2.24, 2.45) is 0 Å². The van der Waals surface area contributed by atoms with Gasteiger partial charge in [0.1, 0.15) is 11.5 Å². The van der Waals surface area contributed by atoms with Gasteiger partial charge in [0.05, 0.1) is 33.6 Å². The Balaban J connectivity index is 1.13.